The van der Waals surface area contributed by atoms with Crippen LogP contribution in [0.3, 0.4) is 0 Å². The van der Waals surface area contributed by atoms with Gasteiger partial charge in [0.05, 0.1) is 17.3 Å². The van der Waals surface area contributed by atoms with Crippen molar-refractivity contribution >= 4 is 63.3 Å². The third-order valence-corrected chi connectivity index (χ3v) is 7.36. The lowest BCUT2D eigenvalue weighted by atomic mass is 10.2. The molecule has 0 atom stereocenters. The first-order valence-electron chi connectivity index (χ1n) is 11.2. The Morgan fingerprint density at radius 1 is 1.08 bits per heavy atom. The minimum absolute atomic E-state index is 0. The summed E-state index contributed by atoms with van der Waals surface area (Å²) in [5, 5.41) is 17.5. The van der Waals surface area contributed by atoms with Crippen LogP contribution in [0, 0.1) is 0 Å². The van der Waals surface area contributed by atoms with Crippen LogP contribution in [-0.4, -0.2) is 39.6 Å². The third kappa shape index (κ3) is 8.24. The van der Waals surface area contributed by atoms with Gasteiger partial charge in [0.15, 0.2) is 11.5 Å². The van der Waals surface area contributed by atoms with Gasteiger partial charge in [-0.15, -0.1) is 17.5 Å². The summed E-state index contributed by atoms with van der Waals surface area (Å²) in [5.41, 5.74) is 2.87. The minimum Gasteiger partial charge on any atom is -0.493 e. The van der Waals surface area contributed by atoms with E-state index in [1.807, 2.05) is 48.5 Å². The molecule has 4 rings (SSSR count). The van der Waals surface area contributed by atoms with Gasteiger partial charge in [-0.3, -0.25) is 0 Å². The van der Waals surface area contributed by atoms with Gasteiger partial charge in [0.25, 0.3) is 0 Å². The number of aromatic nitrogens is 4. The Labute approximate surface area is 244 Å². The zero-order chi connectivity index (χ0) is 25.3. The van der Waals surface area contributed by atoms with E-state index in [-0.39, 0.29) is 12.4 Å². The predicted molar refractivity (Wildman–Crippen MR) is 155 cm³/mol. The predicted octanol–water partition coefficient (Wildman–Crippen LogP) is 7.01. The number of nitrogens with zero attached hydrogens (tertiary/aromatic N) is 4. The Morgan fingerprint density at radius 2 is 1.89 bits per heavy atom. The molecular weight excluding hydrogens is 621 g/mol. The first-order chi connectivity index (χ1) is 17.5. The number of tetrazole rings is 1. The summed E-state index contributed by atoms with van der Waals surface area (Å²) in [5.74, 6) is 2.17. The molecule has 0 unspecified atom stereocenters. The van der Waals surface area contributed by atoms with E-state index < -0.39 is 0 Å². The van der Waals surface area contributed by atoms with E-state index in [9.17, 15) is 0 Å². The lowest BCUT2D eigenvalue weighted by Crippen LogP contribution is -2.15. The molecule has 0 aliphatic rings. The first kappa shape index (κ1) is 29.5. The van der Waals surface area contributed by atoms with Crippen LogP contribution >= 0.6 is 63.3 Å². The summed E-state index contributed by atoms with van der Waals surface area (Å²) in [6.45, 7) is 1.85. The average Bonchev–Trinajstić information content (AvgIpc) is 3.35. The number of para-hydroxylation sites is 1. The fraction of sp³-hybridized carbons (Fsp3) is 0.240. The summed E-state index contributed by atoms with van der Waals surface area (Å²) in [4.78, 5) is 0. The number of ether oxygens (including phenoxy) is 2. The van der Waals surface area contributed by atoms with Crippen LogP contribution in [0.5, 0.6) is 11.5 Å². The van der Waals surface area contributed by atoms with Gasteiger partial charge in [-0.2, -0.15) is 4.68 Å². The Kier molecular flexibility index (Phi) is 11.8. The first-order valence-corrected chi connectivity index (χ1v) is 13.7. The lowest BCUT2D eigenvalue weighted by molar-refractivity contribution is 0.282. The maximum atomic E-state index is 6.26. The van der Waals surface area contributed by atoms with E-state index in [0.717, 1.165) is 45.2 Å². The Balaban J connectivity index is 0.00000380. The van der Waals surface area contributed by atoms with Crippen molar-refractivity contribution in [3.8, 4) is 17.2 Å². The molecule has 0 bridgehead atoms. The van der Waals surface area contributed by atoms with Gasteiger partial charge in [-0.25, -0.2) is 0 Å². The van der Waals surface area contributed by atoms with Crippen molar-refractivity contribution < 1.29 is 9.47 Å². The van der Waals surface area contributed by atoms with Gasteiger partial charge >= 0.3 is 0 Å². The quantitative estimate of drug-likeness (QED) is 0.131. The molecule has 0 amide bonds. The number of hydrogen-bond acceptors (Lipinski definition) is 7. The Bertz CT molecular complexity index is 1300. The molecule has 196 valence electrons. The summed E-state index contributed by atoms with van der Waals surface area (Å²) in [6, 6.07) is 19.2. The molecule has 7 nitrogen and oxygen atoms in total. The molecule has 0 saturated carbocycles. The van der Waals surface area contributed by atoms with Crippen LogP contribution in [0.2, 0.25) is 10.0 Å². The number of halogens is 4. The van der Waals surface area contributed by atoms with Crippen LogP contribution in [0.4, 0.5) is 0 Å². The monoisotopic (exact) mass is 643 g/mol. The highest BCUT2D eigenvalue weighted by molar-refractivity contribution is 9.10. The van der Waals surface area contributed by atoms with Gasteiger partial charge in [-0.05, 0) is 81.3 Å². The number of methoxy groups -OCH3 is 1. The molecule has 0 fully saturated rings. The molecule has 1 N–H and O–H groups in total. The highest BCUT2D eigenvalue weighted by Crippen LogP contribution is 2.37. The van der Waals surface area contributed by atoms with Crippen molar-refractivity contribution in [1.82, 2.24) is 25.5 Å². The van der Waals surface area contributed by atoms with E-state index in [1.54, 1.807) is 35.7 Å². The van der Waals surface area contributed by atoms with E-state index >= 15 is 0 Å². The van der Waals surface area contributed by atoms with Crippen molar-refractivity contribution in [3.63, 3.8) is 0 Å². The highest BCUT2D eigenvalue weighted by Gasteiger charge is 2.13. The molecule has 37 heavy (non-hydrogen) atoms. The topological polar surface area (TPSA) is 74.1 Å². The molecule has 0 radical (unpaired) electrons. The van der Waals surface area contributed by atoms with E-state index in [0.29, 0.717) is 34.7 Å². The van der Waals surface area contributed by atoms with Crippen LogP contribution in [0.25, 0.3) is 5.69 Å². The van der Waals surface area contributed by atoms with Gasteiger partial charge < -0.3 is 14.8 Å². The second kappa shape index (κ2) is 14.8. The minimum atomic E-state index is 0. The van der Waals surface area contributed by atoms with Crippen molar-refractivity contribution in [2.75, 3.05) is 19.4 Å². The Morgan fingerprint density at radius 3 is 2.65 bits per heavy atom. The summed E-state index contributed by atoms with van der Waals surface area (Å²) in [6.07, 6.45) is 0.966. The van der Waals surface area contributed by atoms with Crippen molar-refractivity contribution in [2.45, 2.75) is 24.7 Å². The summed E-state index contributed by atoms with van der Waals surface area (Å²) >= 11 is 17.5. The molecule has 12 heteroatoms. The third-order valence-electron chi connectivity index (χ3n) is 5.18. The summed E-state index contributed by atoms with van der Waals surface area (Å²) < 4.78 is 14.2. The lowest BCUT2D eigenvalue weighted by Gasteiger charge is -2.15. The molecule has 4 aromatic rings. The molecule has 1 aromatic heterocycles. The van der Waals surface area contributed by atoms with Gasteiger partial charge in [0.1, 0.15) is 6.61 Å². The van der Waals surface area contributed by atoms with Crippen LogP contribution in [0.15, 0.2) is 70.3 Å². The second-order valence-corrected chi connectivity index (χ2v) is 10.5. The number of nitrogens with one attached hydrogen (secondary N) is 1. The van der Waals surface area contributed by atoms with Crippen molar-refractivity contribution in [3.05, 3.63) is 86.3 Å². The van der Waals surface area contributed by atoms with Crippen LogP contribution in [0.1, 0.15) is 17.5 Å². The molecule has 0 aliphatic heterocycles. The van der Waals surface area contributed by atoms with Crippen LogP contribution in [-0.2, 0) is 13.2 Å². The SMILES string of the molecule is COc1cc(CNCCCSc2nnnn2-c2ccccc2)cc(Br)c1OCc1ccc(Cl)cc1Cl.Cl. The number of hydrogen-bond donors (Lipinski definition) is 1. The maximum Gasteiger partial charge on any atom is 0.214 e. The standard InChI is InChI=1S/C25H24BrCl2N5O2S.ClH/c1-34-23-13-17(12-21(26)24(23)35-16-18-8-9-19(27)14-22(18)28)15-29-10-5-11-36-25-30-31-32-33(25)20-6-3-2-4-7-20;/h2-4,6-9,12-14,29H,5,10-11,15-16H2,1H3;1H. The highest BCUT2D eigenvalue weighted by atomic mass is 79.9. The van der Waals surface area contributed by atoms with Crippen LogP contribution < -0.4 is 14.8 Å². The van der Waals surface area contributed by atoms with Crippen molar-refractivity contribution in [1.29, 1.82) is 0 Å². The Hall–Kier alpha value is -2.01. The molecular formula is C25H25BrCl3N5O2S. The number of thioether (sulfide) groups is 1. The second-order valence-electron chi connectivity index (χ2n) is 7.72. The zero-order valence-corrected chi connectivity index (χ0v) is 24.6. The van der Waals surface area contributed by atoms with Gasteiger partial charge in [0.2, 0.25) is 5.16 Å². The van der Waals surface area contributed by atoms with Gasteiger partial charge in [-0.1, -0.05) is 59.2 Å². The maximum absolute atomic E-state index is 6.26. The average molecular weight is 646 g/mol. The van der Waals surface area contributed by atoms with E-state index in [2.05, 4.69) is 36.8 Å². The molecule has 1 heterocycles. The zero-order valence-electron chi connectivity index (χ0n) is 19.9. The smallest absolute Gasteiger partial charge is 0.214 e. The van der Waals surface area contributed by atoms with E-state index in [1.165, 1.54) is 0 Å². The fourth-order valence-electron chi connectivity index (χ4n) is 3.40. The number of rotatable bonds is 12. The normalized spacial score (nSPS) is 10.7. The summed E-state index contributed by atoms with van der Waals surface area (Å²) in [7, 11) is 1.63. The van der Waals surface area contributed by atoms with Crippen molar-refractivity contribution in [2.24, 2.45) is 0 Å². The van der Waals surface area contributed by atoms with E-state index in [4.69, 9.17) is 32.7 Å². The molecule has 0 spiro atoms. The molecule has 3 aromatic carbocycles. The number of benzene rings is 3. The molecule has 0 saturated heterocycles. The largest absolute Gasteiger partial charge is 0.493 e. The molecule has 0 aliphatic carbocycles. The fourth-order valence-corrected chi connectivity index (χ4v) is 5.29. The van der Waals surface area contributed by atoms with Gasteiger partial charge in [0, 0.05) is 27.9 Å².